The summed E-state index contributed by atoms with van der Waals surface area (Å²) in [5.41, 5.74) is 5.31. The van der Waals surface area contributed by atoms with Gasteiger partial charge in [-0.2, -0.15) is 0 Å². The van der Waals surface area contributed by atoms with Crippen LogP contribution in [0.1, 0.15) is 84.2 Å². The summed E-state index contributed by atoms with van der Waals surface area (Å²) >= 11 is 6.77. The molecule has 1 aromatic carbocycles. The number of likely N-dealkylation sites (tertiary alicyclic amines) is 1. The third-order valence-electron chi connectivity index (χ3n) is 11.7. The van der Waals surface area contributed by atoms with Crippen LogP contribution in [0.5, 0.6) is 0 Å². The Bertz CT molecular complexity index is 1680. The van der Waals surface area contributed by atoms with Crippen molar-refractivity contribution in [2.75, 3.05) is 31.2 Å². The zero-order chi connectivity index (χ0) is 31.2. The molecule has 0 N–H and O–H groups in total. The third kappa shape index (κ3) is 4.69. The molecule has 8 rings (SSSR count). The van der Waals surface area contributed by atoms with Crippen molar-refractivity contribution < 1.29 is 14.3 Å². The number of halogens is 1. The molecule has 9 heteroatoms. The van der Waals surface area contributed by atoms with Crippen molar-refractivity contribution in [2.45, 2.75) is 96.2 Å². The normalized spacial score (nSPS) is 29.9. The number of imidazole rings is 1. The van der Waals surface area contributed by atoms with E-state index in [-0.39, 0.29) is 29.8 Å². The Morgan fingerprint density at radius 2 is 1.80 bits per heavy atom. The Morgan fingerprint density at radius 1 is 1.04 bits per heavy atom. The number of carbonyl (C=O) groups is 2. The largest absolute Gasteiger partial charge is 0.380 e. The number of ether oxygens (including phenoxy) is 1. The Hall–Kier alpha value is -2.81. The minimum Gasteiger partial charge on any atom is -0.380 e. The average molecular weight is 630 g/mol. The van der Waals surface area contributed by atoms with Gasteiger partial charge in [-0.05, 0) is 88.4 Å². The molecule has 2 aromatic heterocycles. The van der Waals surface area contributed by atoms with Crippen LogP contribution in [0.3, 0.4) is 0 Å². The lowest BCUT2D eigenvalue weighted by molar-refractivity contribution is -0.143. The number of hydrogen-bond acceptors (Lipinski definition) is 6. The Kier molecular flexibility index (Phi) is 6.97. The van der Waals surface area contributed by atoms with Crippen molar-refractivity contribution in [2.24, 2.45) is 17.3 Å². The number of benzene rings is 1. The monoisotopic (exact) mass is 629 g/mol. The van der Waals surface area contributed by atoms with E-state index in [9.17, 15) is 9.59 Å². The van der Waals surface area contributed by atoms with Crippen molar-refractivity contribution >= 4 is 40.0 Å². The van der Waals surface area contributed by atoms with E-state index < -0.39 is 5.41 Å². The topological polar surface area (TPSA) is 80.6 Å². The van der Waals surface area contributed by atoms with Crippen molar-refractivity contribution in [3.8, 4) is 11.3 Å². The molecule has 1 amide bonds. The summed E-state index contributed by atoms with van der Waals surface area (Å²) in [7, 11) is 0. The summed E-state index contributed by atoms with van der Waals surface area (Å²) in [6.45, 7) is 12.3. The summed E-state index contributed by atoms with van der Waals surface area (Å²) in [6, 6.07) is 9.38. The fourth-order valence-electron chi connectivity index (χ4n) is 8.81. The number of fused-ring (bicyclic) bond motifs is 3. The van der Waals surface area contributed by atoms with Crippen LogP contribution in [-0.4, -0.2) is 69.5 Å². The number of nitrogens with zero attached hydrogens (tertiary/aromatic N) is 5. The second-order valence-electron chi connectivity index (χ2n) is 15.5. The zero-order valence-electron chi connectivity index (χ0n) is 26.9. The second kappa shape index (κ2) is 10.6. The lowest BCUT2D eigenvalue weighted by atomic mass is 9.65. The van der Waals surface area contributed by atoms with Crippen molar-refractivity contribution in [1.82, 2.24) is 19.4 Å². The fraction of sp³-hybridized carbons (Fsp3) is 0.611. The molecule has 5 aliphatic rings. The highest BCUT2D eigenvalue weighted by Crippen LogP contribution is 2.55. The van der Waals surface area contributed by atoms with Crippen LogP contribution >= 0.6 is 11.6 Å². The average Bonchev–Trinajstić information content (AvgIpc) is 3.61. The standard InChI is InChI=1S/C36H44ClN5O3/c1-21(2)41-20-38-29-16-28(39-33(37)31(29)41)23-5-6-27-30(13-23)42(26-14-25(15-26)40-12-11-35(3,4)19-40)34(44)36(27)9-7-22(8-10-36)32(43)24-17-45-18-24/h5-6,13,16,20-22,24-26H,7-12,14-15,17-19H2,1-4H3/t22?,25-,26+,36?. The first kappa shape index (κ1) is 29.6. The molecule has 0 unspecified atom stereocenters. The molecule has 238 valence electrons. The SMILES string of the molecule is CC(C)n1cnc2cc(-c3ccc4c(c3)N([C@H]3C[C@@H](N5CCC(C)(C)C5)C3)C(=O)C43CCC(C(=O)C4COC4)CC3)nc(Cl)c21. The maximum absolute atomic E-state index is 14.7. The quantitative estimate of drug-likeness (QED) is 0.286. The van der Waals surface area contributed by atoms with Crippen LogP contribution < -0.4 is 4.90 Å². The molecule has 2 aliphatic carbocycles. The molecule has 1 spiro atoms. The number of pyridine rings is 1. The van der Waals surface area contributed by atoms with E-state index in [4.69, 9.17) is 21.3 Å². The first-order chi connectivity index (χ1) is 21.5. The molecule has 0 bridgehead atoms. The number of rotatable bonds is 6. The van der Waals surface area contributed by atoms with Crippen molar-refractivity contribution in [3.05, 3.63) is 41.3 Å². The third-order valence-corrected chi connectivity index (χ3v) is 12.0. The molecule has 2 saturated carbocycles. The predicted molar refractivity (Wildman–Crippen MR) is 176 cm³/mol. The number of anilines is 1. The Balaban J connectivity index is 1.12. The van der Waals surface area contributed by atoms with Crippen LogP contribution in [0.25, 0.3) is 22.3 Å². The molecule has 0 atom stereocenters. The van der Waals surface area contributed by atoms with Crippen LogP contribution in [0, 0.1) is 17.3 Å². The lowest BCUT2D eigenvalue weighted by Gasteiger charge is -2.46. The number of Topliss-reactive ketones (excluding diaryl/α,β-unsaturated/α-hetero) is 1. The highest BCUT2D eigenvalue weighted by atomic mass is 35.5. The smallest absolute Gasteiger partial charge is 0.237 e. The fourth-order valence-corrected chi connectivity index (χ4v) is 9.10. The van der Waals surface area contributed by atoms with Gasteiger partial charge < -0.3 is 14.2 Å². The van der Waals surface area contributed by atoms with Gasteiger partial charge in [0, 0.05) is 41.8 Å². The van der Waals surface area contributed by atoms with Gasteiger partial charge in [0.2, 0.25) is 5.91 Å². The van der Waals surface area contributed by atoms with E-state index in [0.717, 1.165) is 85.2 Å². The first-order valence-corrected chi connectivity index (χ1v) is 17.3. The second-order valence-corrected chi connectivity index (χ2v) is 15.8. The maximum Gasteiger partial charge on any atom is 0.237 e. The van der Waals surface area contributed by atoms with Gasteiger partial charge in [-0.3, -0.25) is 14.5 Å². The number of amides is 1. The minimum absolute atomic E-state index is 0.0319. The van der Waals surface area contributed by atoms with Gasteiger partial charge in [-0.1, -0.05) is 37.6 Å². The van der Waals surface area contributed by atoms with E-state index in [2.05, 4.69) is 65.2 Å². The van der Waals surface area contributed by atoms with Gasteiger partial charge in [0.1, 0.15) is 11.3 Å². The molecule has 3 aliphatic heterocycles. The van der Waals surface area contributed by atoms with Gasteiger partial charge in [-0.15, -0.1) is 0 Å². The number of aromatic nitrogens is 3. The van der Waals surface area contributed by atoms with Crippen LogP contribution in [0.15, 0.2) is 30.6 Å². The van der Waals surface area contributed by atoms with E-state index in [1.807, 2.05) is 12.4 Å². The summed E-state index contributed by atoms with van der Waals surface area (Å²) in [5.74, 6) is 0.641. The van der Waals surface area contributed by atoms with Crippen LogP contribution in [-0.2, 0) is 19.7 Å². The van der Waals surface area contributed by atoms with Crippen molar-refractivity contribution in [1.29, 1.82) is 0 Å². The maximum atomic E-state index is 14.7. The molecule has 45 heavy (non-hydrogen) atoms. The molecule has 8 nitrogen and oxygen atoms in total. The van der Waals surface area contributed by atoms with Gasteiger partial charge in [0.15, 0.2) is 5.15 Å². The Labute approximate surface area is 270 Å². The Morgan fingerprint density at radius 3 is 2.44 bits per heavy atom. The van der Waals surface area contributed by atoms with Crippen molar-refractivity contribution in [3.63, 3.8) is 0 Å². The number of ketones is 1. The molecular weight excluding hydrogens is 586 g/mol. The van der Waals surface area contributed by atoms with E-state index in [1.54, 1.807) is 0 Å². The minimum atomic E-state index is -0.563. The number of hydrogen-bond donors (Lipinski definition) is 0. The summed E-state index contributed by atoms with van der Waals surface area (Å²) < 4.78 is 7.36. The van der Waals surface area contributed by atoms with E-state index in [1.165, 1.54) is 6.42 Å². The molecule has 2 saturated heterocycles. The summed E-state index contributed by atoms with van der Waals surface area (Å²) in [6.07, 6.45) is 8.04. The van der Waals surface area contributed by atoms with E-state index >= 15 is 0 Å². The van der Waals surface area contributed by atoms with Gasteiger partial charge in [0.25, 0.3) is 0 Å². The lowest BCUT2D eigenvalue weighted by Crippen LogP contribution is -2.57. The summed E-state index contributed by atoms with van der Waals surface area (Å²) in [5, 5.41) is 0.439. The van der Waals surface area contributed by atoms with Crippen LogP contribution in [0.4, 0.5) is 5.69 Å². The molecule has 0 radical (unpaired) electrons. The highest BCUT2D eigenvalue weighted by molar-refractivity contribution is 6.34. The highest BCUT2D eigenvalue weighted by Gasteiger charge is 2.56. The first-order valence-electron chi connectivity index (χ1n) is 16.9. The zero-order valence-corrected chi connectivity index (χ0v) is 27.6. The van der Waals surface area contributed by atoms with E-state index in [0.29, 0.717) is 35.6 Å². The van der Waals surface area contributed by atoms with Gasteiger partial charge in [0.05, 0.1) is 42.1 Å². The predicted octanol–water partition coefficient (Wildman–Crippen LogP) is 6.59. The summed E-state index contributed by atoms with van der Waals surface area (Å²) in [4.78, 5) is 42.0. The molecular formula is C36H44ClN5O3. The van der Waals surface area contributed by atoms with Crippen LogP contribution in [0.2, 0.25) is 5.15 Å². The van der Waals surface area contributed by atoms with Gasteiger partial charge >= 0.3 is 0 Å². The molecule has 5 heterocycles. The van der Waals surface area contributed by atoms with Gasteiger partial charge in [-0.25, -0.2) is 9.97 Å². The molecule has 4 fully saturated rings. The number of carbonyl (C=O) groups excluding carboxylic acids is 2. The molecule has 3 aromatic rings.